The topological polar surface area (TPSA) is 111 Å². The number of halogens is 1. The molecular weight excluding hydrogens is 509 g/mol. The summed E-state index contributed by atoms with van der Waals surface area (Å²) in [5.74, 6) is 0.120. The predicted octanol–water partition coefficient (Wildman–Crippen LogP) is 3.73. The maximum atomic E-state index is 14.9. The van der Waals surface area contributed by atoms with E-state index in [2.05, 4.69) is 4.99 Å². The number of pyridine rings is 2. The van der Waals surface area contributed by atoms with E-state index in [1.165, 1.54) is 6.07 Å². The summed E-state index contributed by atoms with van der Waals surface area (Å²) in [6.07, 6.45) is 1.78. The lowest BCUT2D eigenvalue weighted by Crippen LogP contribution is -2.32. The third kappa shape index (κ3) is 3.80. The van der Waals surface area contributed by atoms with Gasteiger partial charge in [0.25, 0.3) is 5.56 Å². The molecule has 3 aliphatic rings. The Morgan fingerprint density at radius 3 is 2.92 bits per heavy atom. The van der Waals surface area contributed by atoms with E-state index in [4.69, 9.17) is 9.72 Å². The Kier molecular flexibility index (Phi) is 6.19. The molecule has 2 aromatic heterocycles. The number of aliphatic hydroxyl groups is 1. The van der Waals surface area contributed by atoms with Crippen LogP contribution in [0.3, 0.4) is 0 Å². The first kappa shape index (κ1) is 24.9. The number of aliphatic imine (C=N–C) groups is 1. The number of esters is 1. The van der Waals surface area contributed by atoms with Crippen LogP contribution in [-0.2, 0) is 33.9 Å². The summed E-state index contributed by atoms with van der Waals surface area (Å²) in [6, 6.07) is 3.03. The molecule has 2 atom stereocenters. The first-order valence-electron chi connectivity index (χ1n) is 12.7. The van der Waals surface area contributed by atoms with Crippen molar-refractivity contribution in [1.82, 2.24) is 9.55 Å². The second-order valence-corrected chi connectivity index (χ2v) is 11.2. The Balaban J connectivity index is 1.53. The standard InChI is InChI=1S/C28H26FN3O5S/c1-3-38-7-6-22(33)30-10-14-4-5-15-13(2)19(29)9-20-24(15)23(14)17-11-32-21(25(17)31-20)8-16-18(27(32)35)12-37-28(36)26(16)34/h8-10,14,26,34H,3-7,11-12H2,1-2H3/t14?,26-/m0/s1. The number of fused-ring (bicyclic) bond motifs is 5. The lowest BCUT2D eigenvalue weighted by molar-refractivity contribution is -0.157. The molecule has 2 aliphatic heterocycles. The van der Waals surface area contributed by atoms with Crippen molar-refractivity contribution in [3.63, 3.8) is 0 Å². The SMILES string of the molecule is CCSCCC(=O)N=CC1CCc2c(C)c(F)cc3nc4c(c1c23)Cn1c-4cc2c(c1=O)COC(=O)[C@H]2O. The molecule has 1 aromatic carbocycles. The summed E-state index contributed by atoms with van der Waals surface area (Å²) in [5, 5.41) is 11.3. The molecule has 0 saturated heterocycles. The average molecular weight is 536 g/mol. The van der Waals surface area contributed by atoms with Gasteiger partial charge >= 0.3 is 5.97 Å². The van der Waals surface area contributed by atoms with Crippen LogP contribution in [0.2, 0.25) is 0 Å². The molecule has 10 heteroatoms. The van der Waals surface area contributed by atoms with Crippen molar-refractivity contribution < 1.29 is 23.8 Å². The molecule has 0 radical (unpaired) electrons. The summed E-state index contributed by atoms with van der Waals surface area (Å²) in [7, 11) is 0. The molecule has 1 amide bonds. The number of thioether (sulfide) groups is 1. The minimum atomic E-state index is -1.55. The van der Waals surface area contributed by atoms with Crippen LogP contribution in [0.5, 0.6) is 0 Å². The number of nitrogens with zero attached hydrogens (tertiary/aromatic N) is 3. The lowest BCUT2D eigenvalue weighted by Gasteiger charge is -2.27. The number of hydrogen-bond acceptors (Lipinski definition) is 7. The molecule has 1 aliphatic carbocycles. The number of aryl methyl sites for hydroxylation is 1. The van der Waals surface area contributed by atoms with E-state index in [1.807, 2.05) is 6.92 Å². The van der Waals surface area contributed by atoms with Crippen LogP contribution >= 0.6 is 11.8 Å². The number of cyclic esters (lactones) is 1. The third-order valence-corrected chi connectivity index (χ3v) is 8.66. The molecule has 196 valence electrons. The number of carbonyl (C=O) groups is 2. The second-order valence-electron chi connectivity index (χ2n) is 9.84. The maximum Gasteiger partial charge on any atom is 0.340 e. The van der Waals surface area contributed by atoms with Gasteiger partial charge in [0, 0.05) is 46.9 Å². The van der Waals surface area contributed by atoms with E-state index >= 15 is 0 Å². The van der Waals surface area contributed by atoms with Crippen molar-refractivity contribution >= 4 is 40.8 Å². The van der Waals surface area contributed by atoms with Gasteiger partial charge in [-0.15, -0.1) is 0 Å². The Bertz CT molecular complexity index is 1630. The fourth-order valence-corrected chi connectivity index (χ4v) is 6.44. The van der Waals surface area contributed by atoms with E-state index in [1.54, 1.807) is 35.5 Å². The number of rotatable bonds is 5. The van der Waals surface area contributed by atoms with Crippen LogP contribution in [0.1, 0.15) is 65.2 Å². The normalized spacial score (nSPS) is 19.4. The van der Waals surface area contributed by atoms with Gasteiger partial charge in [-0.2, -0.15) is 11.8 Å². The summed E-state index contributed by atoms with van der Waals surface area (Å²) >= 11 is 1.69. The smallest absolute Gasteiger partial charge is 0.340 e. The minimum absolute atomic E-state index is 0.181. The largest absolute Gasteiger partial charge is 0.458 e. The van der Waals surface area contributed by atoms with Gasteiger partial charge in [0.2, 0.25) is 5.91 Å². The highest BCUT2D eigenvalue weighted by atomic mass is 32.2. The van der Waals surface area contributed by atoms with Crippen molar-refractivity contribution in [1.29, 1.82) is 0 Å². The van der Waals surface area contributed by atoms with Gasteiger partial charge < -0.3 is 14.4 Å². The number of aromatic nitrogens is 2. The Morgan fingerprint density at radius 1 is 1.32 bits per heavy atom. The molecule has 0 spiro atoms. The van der Waals surface area contributed by atoms with E-state index in [9.17, 15) is 23.9 Å². The summed E-state index contributed by atoms with van der Waals surface area (Å²) in [6.45, 7) is 3.84. The first-order chi connectivity index (χ1) is 18.3. The molecular formula is C28H26FN3O5S. The molecule has 0 saturated carbocycles. The fraction of sp³-hybridized carbons (Fsp3) is 0.393. The monoisotopic (exact) mass is 535 g/mol. The highest BCUT2D eigenvalue weighted by Crippen LogP contribution is 2.45. The van der Waals surface area contributed by atoms with Crippen LogP contribution < -0.4 is 5.56 Å². The van der Waals surface area contributed by atoms with Gasteiger partial charge in [-0.1, -0.05) is 6.92 Å². The van der Waals surface area contributed by atoms with Crippen LogP contribution in [0, 0.1) is 12.7 Å². The number of benzene rings is 1. The van der Waals surface area contributed by atoms with Crippen molar-refractivity contribution in [2.45, 2.75) is 58.3 Å². The van der Waals surface area contributed by atoms with Crippen molar-refractivity contribution in [2.24, 2.45) is 4.99 Å². The average Bonchev–Trinajstić information content (AvgIpc) is 3.27. The highest BCUT2D eigenvalue weighted by Gasteiger charge is 2.37. The van der Waals surface area contributed by atoms with Crippen molar-refractivity contribution in [3.8, 4) is 11.4 Å². The van der Waals surface area contributed by atoms with E-state index in [-0.39, 0.29) is 47.5 Å². The van der Waals surface area contributed by atoms with Crippen molar-refractivity contribution in [2.75, 3.05) is 11.5 Å². The Morgan fingerprint density at radius 2 is 2.13 bits per heavy atom. The summed E-state index contributed by atoms with van der Waals surface area (Å²) in [5.41, 5.74) is 4.73. The second kappa shape index (κ2) is 9.43. The molecule has 3 aromatic rings. The van der Waals surface area contributed by atoms with Gasteiger partial charge in [0.15, 0.2) is 6.10 Å². The number of aliphatic hydroxyl groups excluding tert-OH is 1. The van der Waals surface area contributed by atoms with Gasteiger partial charge in [-0.25, -0.2) is 19.2 Å². The molecule has 6 rings (SSSR count). The quantitative estimate of drug-likeness (QED) is 0.236. The molecule has 4 heterocycles. The third-order valence-electron chi connectivity index (χ3n) is 7.75. The molecule has 38 heavy (non-hydrogen) atoms. The molecule has 1 N–H and O–H groups in total. The zero-order valence-corrected chi connectivity index (χ0v) is 21.9. The van der Waals surface area contributed by atoms with E-state index in [0.717, 1.165) is 27.8 Å². The predicted molar refractivity (Wildman–Crippen MR) is 142 cm³/mol. The first-order valence-corrected chi connectivity index (χ1v) is 13.9. The molecule has 1 unspecified atom stereocenters. The van der Waals surface area contributed by atoms with Crippen LogP contribution in [0.15, 0.2) is 21.9 Å². The molecule has 0 fully saturated rings. The molecule has 8 nitrogen and oxygen atoms in total. The van der Waals surface area contributed by atoms with Crippen LogP contribution in [-0.4, -0.2) is 44.3 Å². The zero-order chi connectivity index (χ0) is 26.7. The minimum Gasteiger partial charge on any atom is -0.458 e. The van der Waals surface area contributed by atoms with E-state index < -0.39 is 12.1 Å². The number of hydrogen-bond donors (Lipinski definition) is 1. The zero-order valence-electron chi connectivity index (χ0n) is 21.0. The van der Waals surface area contributed by atoms with Gasteiger partial charge in [-0.05, 0) is 48.3 Å². The maximum absolute atomic E-state index is 14.9. The Hall–Kier alpha value is -3.37. The van der Waals surface area contributed by atoms with E-state index in [0.29, 0.717) is 47.5 Å². The van der Waals surface area contributed by atoms with Crippen LogP contribution in [0.4, 0.5) is 4.39 Å². The summed E-state index contributed by atoms with van der Waals surface area (Å²) < 4.78 is 21.5. The Labute approximate surface area is 221 Å². The van der Waals surface area contributed by atoms with Gasteiger partial charge in [0.05, 0.1) is 29.0 Å². The highest BCUT2D eigenvalue weighted by molar-refractivity contribution is 7.99. The van der Waals surface area contributed by atoms with Crippen molar-refractivity contribution in [3.05, 3.63) is 61.7 Å². The lowest BCUT2D eigenvalue weighted by atomic mass is 9.78. The summed E-state index contributed by atoms with van der Waals surface area (Å²) in [4.78, 5) is 46.9. The fourth-order valence-electron chi connectivity index (χ4n) is 5.83. The van der Waals surface area contributed by atoms with Gasteiger partial charge in [0.1, 0.15) is 12.4 Å². The molecule has 0 bridgehead atoms. The number of carbonyl (C=O) groups excluding carboxylic acids is 2. The number of ether oxygens (including phenoxy) is 1. The van der Waals surface area contributed by atoms with Gasteiger partial charge in [-0.3, -0.25) is 9.59 Å². The number of amides is 1. The van der Waals surface area contributed by atoms with Crippen LogP contribution in [0.25, 0.3) is 22.3 Å².